The zero-order chi connectivity index (χ0) is 13.8. The molecule has 0 radical (unpaired) electrons. The number of aromatic nitrogens is 2. The molecule has 2 aromatic heterocycles. The summed E-state index contributed by atoms with van der Waals surface area (Å²) < 4.78 is 5.44. The van der Waals surface area contributed by atoms with Crippen molar-refractivity contribution in [2.45, 2.75) is 26.8 Å². The summed E-state index contributed by atoms with van der Waals surface area (Å²) >= 11 is 0. The quantitative estimate of drug-likeness (QED) is 0.858. The first-order chi connectivity index (χ1) is 9.11. The van der Waals surface area contributed by atoms with Crippen LogP contribution in [-0.2, 0) is 13.0 Å². The van der Waals surface area contributed by atoms with Crippen LogP contribution in [0.5, 0.6) is 0 Å². The number of oxazole rings is 1. The average Bonchev–Trinajstić information content (AvgIpc) is 2.83. The molecule has 0 aliphatic rings. The second kappa shape index (κ2) is 5.51. The molecule has 2 rings (SSSR count). The largest absolute Gasteiger partial charge is 0.478 e. The van der Waals surface area contributed by atoms with E-state index in [4.69, 9.17) is 9.52 Å². The minimum Gasteiger partial charge on any atom is -0.478 e. The topological polar surface area (TPSA) is 88.2 Å². The zero-order valence-corrected chi connectivity index (χ0v) is 10.8. The standard InChI is InChI=1S/C13H15N3O3/c1-3-9-6-15-10(19-9)7-16-12-11(13(17)18)8(2)4-5-14-12/h4-6H,3,7H2,1-2H3,(H,14,16)(H,17,18). The summed E-state index contributed by atoms with van der Waals surface area (Å²) in [4.78, 5) is 19.3. The minimum atomic E-state index is -1.00. The van der Waals surface area contributed by atoms with Gasteiger partial charge in [0, 0.05) is 12.6 Å². The molecule has 0 aliphatic heterocycles. The maximum absolute atomic E-state index is 11.2. The highest BCUT2D eigenvalue weighted by atomic mass is 16.4. The third-order valence-corrected chi connectivity index (χ3v) is 2.73. The second-order valence-corrected chi connectivity index (χ2v) is 4.08. The van der Waals surface area contributed by atoms with Gasteiger partial charge in [0.1, 0.15) is 17.1 Å². The van der Waals surface area contributed by atoms with Crippen molar-refractivity contribution < 1.29 is 14.3 Å². The number of carboxylic acids is 1. The van der Waals surface area contributed by atoms with Gasteiger partial charge in [-0.25, -0.2) is 14.8 Å². The second-order valence-electron chi connectivity index (χ2n) is 4.08. The Bertz CT molecular complexity index is 593. The highest BCUT2D eigenvalue weighted by Crippen LogP contribution is 2.17. The summed E-state index contributed by atoms with van der Waals surface area (Å²) in [5.74, 6) is 0.627. The Morgan fingerprint density at radius 2 is 2.26 bits per heavy atom. The van der Waals surface area contributed by atoms with Crippen molar-refractivity contribution in [2.75, 3.05) is 5.32 Å². The molecule has 0 saturated carbocycles. The summed E-state index contributed by atoms with van der Waals surface area (Å²) in [7, 11) is 0. The predicted molar refractivity (Wildman–Crippen MR) is 69.1 cm³/mol. The maximum atomic E-state index is 11.2. The molecule has 19 heavy (non-hydrogen) atoms. The number of carbonyl (C=O) groups is 1. The lowest BCUT2D eigenvalue weighted by atomic mass is 10.1. The smallest absolute Gasteiger partial charge is 0.339 e. The predicted octanol–water partition coefficient (Wildman–Crippen LogP) is 2.25. The van der Waals surface area contributed by atoms with Crippen LogP contribution in [0.4, 0.5) is 5.82 Å². The molecule has 2 N–H and O–H groups in total. The Balaban J connectivity index is 2.15. The SMILES string of the molecule is CCc1cnc(CNc2nccc(C)c2C(=O)O)o1. The van der Waals surface area contributed by atoms with E-state index in [9.17, 15) is 4.79 Å². The van der Waals surface area contributed by atoms with E-state index in [1.807, 2.05) is 6.92 Å². The first kappa shape index (κ1) is 13.1. The molecule has 0 fully saturated rings. The molecule has 0 bridgehead atoms. The number of hydrogen-bond acceptors (Lipinski definition) is 5. The van der Waals surface area contributed by atoms with E-state index in [1.54, 1.807) is 25.4 Å². The Morgan fingerprint density at radius 3 is 2.89 bits per heavy atom. The Morgan fingerprint density at radius 1 is 1.47 bits per heavy atom. The number of hydrogen-bond donors (Lipinski definition) is 2. The number of nitrogens with one attached hydrogen (secondary N) is 1. The van der Waals surface area contributed by atoms with Gasteiger partial charge in [0.05, 0.1) is 12.7 Å². The Hall–Kier alpha value is -2.37. The van der Waals surface area contributed by atoms with Crippen LogP contribution in [-0.4, -0.2) is 21.0 Å². The van der Waals surface area contributed by atoms with Crippen molar-refractivity contribution in [3.8, 4) is 0 Å². The van der Waals surface area contributed by atoms with E-state index in [0.29, 0.717) is 23.8 Å². The van der Waals surface area contributed by atoms with Gasteiger partial charge in [0.25, 0.3) is 0 Å². The van der Waals surface area contributed by atoms with Crippen LogP contribution in [0, 0.1) is 6.92 Å². The van der Waals surface area contributed by atoms with Gasteiger partial charge < -0.3 is 14.8 Å². The third kappa shape index (κ3) is 2.90. The van der Waals surface area contributed by atoms with Crippen molar-refractivity contribution in [3.63, 3.8) is 0 Å². The lowest BCUT2D eigenvalue weighted by Crippen LogP contribution is -2.10. The first-order valence-corrected chi connectivity index (χ1v) is 5.98. The number of nitrogens with zero attached hydrogens (tertiary/aromatic N) is 2. The van der Waals surface area contributed by atoms with Crippen LogP contribution in [0.2, 0.25) is 0 Å². The molecule has 0 aliphatic carbocycles. The van der Waals surface area contributed by atoms with Crippen molar-refractivity contribution in [3.05, 3.63) is 41.2 Å². The molecule has 100 valence electrons. The van der Waals surface area contributed by atoms with E-state index in [2.05, 4.69) is 15.3 Å². The molecule has 2 heterocycles. The van der Waals surface area contributed by atoms with Gasteiger partial charge in [-0.15, -0.1) is 0 Å². The number of carboxylic acid groups (broad SMARTS) is 1. The Kier molecular flexibility index (Phi) is 3.79. The van der Waals surface area contributed by atoms with E-state index < -0.39 is 5.97 Å². The van der Waals surface area contributed by atoms with E-state index >= 15 is 0 Å². The minimum absolute atomic E-state index is 0.171. The fourth-order valence-corrected chi connectivity index (χ4v) is 1.71. The van der Waals surface area contributed by atoms with Gasteiger partial charge in [-0.1, -0.05) is 6.92 Å². The molecule has 6 nitrogen and oxygen atoms in total. The summed E-state index contributed by atoms with van der Waals surface area (Å²) in [6.45, 7) is 4.01. The monoisotopic (exact) mass is 261 g/mol. The fraction of sp³-hybridized carbons (Fsp3) is 0.308. The van der Waals surface area contributed by atoms with Gasteiger partial charge in [-0.3, -0.25) is 0 Å². The summed E-state index contributed by atoms with van der Waals surface area (Å²) in [5, 5.41) is 12.1. The van der Waals surface area contributed by atoms with E-state index in [-0.39, 0.29) is 5.56 Å². The van der Waals surface area contributed by atoms with Crippen LogP contribution in [0.1, 0.15) is 34.5 Å². The van der Waals surface area contributed by atoms with Crippen LogP contribution in [0.3, 0.4) is 0 Å². The molecule has 0 amide bonds. The van der Waals surface area contributed by atoms with Crippen molar-refractivity contribution >= 4 is 11.8 Å². The molecule has 0 unspecified atom stereocenters. The molecular weight excluding hydrogens is 246 g/mol. The number of aryl methyl sites for hydroxylation is 2. The summed E-state index contributed by atoms with van der Waals surface area (Å²) in [5.41, 5.74) is 0.830. The van der Waals surface area contributed by atoms with Crippen LogP contribution in [0.15, 0.2) is 22.9 Å². The fourth-order valence-electron chi connectivity index (χ4n) is 1.71. The lowest BCUT2D eigenvalue weighted by molar-refractivity contribution is 0.0696. The van der Waals surface area contributed by atoms with Crippen LogP contribution < -0.4 is 5.32 Å². The number of aromatic carboxylic acids is 1. The molecular formula is C13H15N3O3. The zero-order valence-electron chi connectivity index (χ0n) is 10.8. The average molecular weight is 261 g/mol. The molecule has 0 aromatic carbocycles. The number of anilines is 1. The van der Waals surface area contributed by atoms with E-state index in [1.165, 1.54) is 0 Å². The lowest BCUT2D eigenvalue weighted by Gasteiger charge is -2.08. The molecule has 2 aromatic rings. The normalized spacial score (nSPS) is 10.4. The van der Waals surface area contributed by atoms with Gasteiger partial charge in [0.2, 0.25) is 5.89 Å². The van der Waals surface area contributed by atoms with Crippen molar-refractivity contribution in [1.82, 2.24) is 9.97 Å². The molecule has 6 heteroatoms. The highest BCUT2D eigenvalue weighted by molar-refractivity contribution is 5.94. The van der Waals surface area contributed by atoms with Gasteiger partial charge in [0.15, 0.2) is 0 Å². The molecule has 0 spiro atoms. The number of rotatable bonds is 5. The first-order valence-electron chi connectivity index (χ1n) is 5.98. The van der Waals surface area contributed by atoms with E-state index in [0.717, 1.165) is 12.2 Å². The van der Waals surface area contributed by atoms with Crippen molar-refractivity contribution in [1.29, 1.82) is 0 Å². The highest BCUT2D eigenvalue weighted by Gasteiger charge is 2.14. The number of pyridine rings is 1. The maximum Gasteiger partial charge on any atom is 0.339 e. The van der Waals surface area contributed by atoms with Crippen LogP contribution in [0.25, 0.3) is 0 Å². The summed E-state index contributed by atoms with van der Waals surface area (Å²) in [6, 6.07) is 1.66. The Labute approximate surface area is 110 Å². The third-order valence-electron chi connectivity index (χ3n) is 2.73. The summed E-state index contributed by atoms with van der Waals surface area (Å²) in [6.07, 6.45) is 4.01. The molecule has 0 atom stereocenters. The van der Waals surface area contributed by atoms with Crippen molar-refractivity contribution in [2.24, 2.45) is 0 Å². The van der Waals surface area contributed by atoms with Crippen LogP contribution >= 0.6 is 0 Å². The van der Waals surface area contributed by atoms with Gasteiger partial charge in [-0.2, -0.15) is 0 Å². The molecule has 0 saturated heterocycles. The van der Waals surface area contributed by atoms with Gasteiger partial charge in [-0.05, 0) is 18.6 Å². The van der Waals surface area contributed by atoms with Gasteiger partial charge >= 0.3 is 5.97 Å².